The molecule has 2 aromatic heterocycles. The zero-order chi connectivity index (χ0) is 18.8. The summed E-state index contributed by atoms with van der Waals surface area (Å²) in [4.78, 5) is 19.8. The summed E-state index contributed by atoms with van der Waals surface area (Å²) in [7, 11) is 1.97. The summed E-state index contributed by atoms with van der Waals surface area (Å²) >= 11 is 0. The molecule has 0 bridgehead atoms. The lowest BCUT2D eigenvalue weighted by Gasteiger charge is -2.20. The molecule has 0 saturated carbocycles. The summed E-state index contributed by atoms with van der Waals surface area (Å²) in [6.07, 6.45) is 3.27. The highest BCUT2D eigenvalue weighted by atomic mass is 16.3. The van der Waals surface area contributed by atoms with Crippen LogP contribution in [-0.4, -0.2) is 32.1 Å². The first kappa shape index (κ1) is 16.9. The van der Waals surface area contributed by atoms with Crippen LogP contribution >= 0.6 is 0 Å². The molecule has 0 unspecified atom stereocenters. The molecule has 2 aromatic carbocycles. The highest BCUT2D eigenvalue weighted by Gasteiger charge is 2.15. The topological polar surface area (TPSA) is 75.0 Å². The van der Waals surface area contributed by atoms with E-state index in [4.69, 9.17) is 9.97 Å². The number of phenols is 1. The first-order valence-corrected chi connectivity index (χ1v) is 8.64. The van der Waals surface area contributed by atoms with E-state index in [0.717, 1.165) is 28.0 Å². The summed E-state index contributed by atoms with van der Waals surface area (Å²) in [5.41, 5.74) is 3.47. The molecule has 0 saturated heterocycles. The number of benzene rings is 2. The second-order valence-corrected chi connectivity index (χ2v) is 6.47. The van der Waals surface area contributed by atoms with Gasteiger partial charge in [0.2, 0.25) is 0 Å². The highest BCUT2D eigenvalue weighted by molar-refractivity contribution is 5.91. The van der Waals surface area contributed by atoms with Gasteiger partial charge in [0.05, 0.1) is 23.3 Å². The number of aromatic hydroxyl groups is 1. The molecular formula is C21H19N5O. The Balaban J connectivity index is 1.86. The first-order chi connectivity index (χ1) is 13.1. The number of phenolic OH excluding ortho intramolecular Hbond substituents is 1. The number of fused-ring (bicyclic) bond motifs is 1. The zero-order valence-corrected chi connectivity index (χ0v) is 15.2. The van der Waals surface area contributed by atoms with Crippen molar-refractivity contribution < 1.29 is 5.11 Å². The molecule has 6 heteroatoms. The Labute approximate surface area is 157 Å². The van der Waals surface area contributed by atoms with E-state index in [9.17, 15) is 5.11 Å². The molecule has 0 aliphatic carbocycles. The van der Waals surface area contributed by atoms with Crippen molar-refractivity contribution >= 4 is 16.7 Å². The maximum absolute atomic E-state index is 10.2. The smallest absolute Gasteiger partial charge is 0.165 e. The molecule has 6 nitrogen and oxygen atoms in total. The molecule has 0 aliphatic rings. The van der Waals surface area contributed by atoms with Crippen molar-refractivity contribution in [2.24, 2.45) is 0 Å². The van der Waals surface area contributed by atoms with Crippen LogP contribution in [0.3, 0.4) is 0 Å². The number of hydrogen-bond donors (Lipinski definition) is 1. The van der Waals surface area contributed by atoms with Gasteiger partial charge >= 0.3 is 0 Å². The van der Waals surface area contributed by atoms with Crippen LogP contribution in [0.5, 0.6) is 5.75 Å². The standard InChI is InChI=1S/C21H19N5O/c1-14-7-8-16-18(11-14)24-20(17-5-3-4-6-19(17)27)25-21(16)26(2)12-15-9-10-22-13-23-15/h3-11,13,27H,12H2,1-2H3. The Morgan fingerprint density at radius 1 is 1.04 bits per heavy atom. The molecule has 0 aliphatic heterocycles. The third-order valence-electron chi connectivity index (χ3n) is 4.38. The molecule has 27 heavy (non-hydrogen) atoms. The van der Waals surface area contributed by atoms with E-state index in [1.807, 2.05) is 55.3 Å². The van der Waals surface area contributed by atoms with Crippen LogP contribution < -0.4 is 4.90 Å². The van der Waals surface area contributed by atoms with Gasteiger partial charge in [-0.3, -0.25) is 0 Å². The molecule has 1 N–H and O–H groups in total. The summed E-state index contributed by atoms with van der Waals surface area (Å²) in [5.74, 6) is 1.45. The van der Waals surface area contributed by atoms with Crippen molar-refractivity contribution in [3.63, 3.8) is 0 Å². The van der Waals surface area contributed by atoms with Crippen molar-refractivity contribution in [3.8, 4) is 17.1 Å². The Kier molecular flexibility index (Phi) is 4.38. The lowest BCUT2D eigenvalue weighted by molar-refractivity contribution is 0.477. The largest absolute Gasteiger partial charge is 0.507 e. The van der Waals surface area contributed by atoms with Crippen LogP contribution in [-0.2, 0) is 6.54 Å². The van der Waals surface area contributed by atoms with E-state index >= 15 is 0 Å². The minimum atomic E-state index is 0.161. The van der Waals surface area contributed by atoms with Crippen LogP contribution in [0.4, 0.5) is 5.82 Å². The van der Waals surface area contributed by atoms with Gasteiger partial charge in [0.15, 0.2) is 5.82 Å². The number of nitrogens with zero attached hydrogens (tertiary/aromatic N) is 5. The lowest BCUT2D eigenvalue weighted by atomic mass is 10.1. The van der Waals surface area contributed by atoms with Gasteiger partial charge in [0, 0.05) is 18.6 Å². The van der Waals surface area contributed by atoms with E-state index in [1.54, 1.807) is 18.3 Å². The Hall–Kier alpha value is -3.54. The van der Waals surface area contributed by atoms with Gasteiger partial charge in [-0.15, -0.1) is 0 Å². The number of hydrogen-bond acceptors (Lipinski definition) is 6. The number of aromatic nitrogens is 4. The zero-order valence-electron chi connectivity index (χ0n) is 15.2. The summed E-state index contributed by atoms with van der Waals surface area (Å²) in [6.45, 7) is 2.62. The van der Waals surface area contributed by atoms with Crippen LogP contribution in [0, 0.1) is 6.92 Å². The Bertz CT molecular complexity index is 1100. The molecule has 2 heterocycles. The molecule has 0 spiro atoms. The van der Waals surface area contributed by atoms with Crippen molar-refractivity contribution in [2.45, 2.75) is 13.5 Å². The molecular weight excluding hydrogens is 338 g/mol. The Morgan fingerprint density at radius 3 is 2.67 bits per heavy atom. The van der Waals surface area contributed by atoms with Gasteiger partial charge in [0.1, 0.15) is 17.9 Å². The SMILES string of the molecule is Cc1ccc2c(N(C)Cc3ccncn3)nc(-c3ccccc3O)nc2c1. The van der Waals surface area contributed by atoms with Gasteiger partial charge < -0.3 is 10.0 Å². The van der Waals surface area contributed by atoms with E-state index in [2.05, 4.69) is 9.97 Å². The summed E-state index contributed by atoms with van der Waals surface area (Å²) < 4.78 is 0. The monoisotopic (exact) mass is 357 g/mol. The number of rotatable bonds is 4. The fourth-order valence-corrected chi connectivity index (χ4v) is 3.03. The first-order valence-electron chi connectivity index (χ1n) is 8.64. The second-order valence-electron chi connectivity index (χ2n) is 6.47. The fourth-order valence-electron chi connectivity index (χ4n) is 3.03. The molecule has 4 aromatic rings. The predicted octanol–water partition coefficient (Wildman–Crippen LogP) is 3.74. The van der Waals surface area contributed by atoms with Crippen molar-refractivity contribution in [3.05, 3.63) is 72.3 Å². The predicted molar refractivity (Wildman–Crippen MR) is 106 cm³/mol. The molecule has 4 rings (SSSR count). The Morgan fingerprint density at radius 2 is 1.89 bits per heavy atom. The molecule has 0 amide bonds. The average Bonchev–Trinajstić information content (AvgIpc) is 2.68. The highest BCUT2D eigenvalue weighted by Crippen LogP contribution is 2.31. The minimum absolute atomic E-state index is 0.161. The van der Waals surface area contributed by atoms with E-state index in [1.165, 1.54) is 6.33 Å². The summed E-state index contributed by atoms with van der Waals surface area (Å²) in [5, 5.41) is 11.2. The van der Waals surface area contributed by atoms with Crippen molar-refractivity contribution in [1.29, 1.82) is 0 Å². The van der Waals surface area contributed by atoms with E-state index < -0.39 is 0 Å². The third kappa shape index (κ3) is 3.42. The van der Waals surface area contributed by atoms with Gasteiger partial charge in [0.25, 0.3) is 0 Å². The molecule has 0 atom stereocenters. The van der Waals surface area contributed by atoms with E-state index in [-0.39, 0.29) is 5.75 Å². The minimum Gasteiger partial charge on any atom is -0.507 e. The second kappa shape index (κ2) is 6.99. The van der Waals surface area contributed by atoms with Gasteiger partial charge in [-0.2, -0.15) is 0 Å². The number of anilines is 1. The lowest BCUT2D eigenvalue weighted by Crippen LogP contribution is -2.19. The molecule has 0 fully saturated rings. The number of aryl methyl sites for hydroxylation is 1. The average molecular weight is 357 g/mol. The van der Waals surface area contributed by atoms with Gasteiger partial charge in [-0.05, 0) is 42.8 Å². The van der Waals surface area contributed by atoms with Crippen LogP contribution in [0.25, 0.3) is 22.3 Å². The fraction of sp³-hybridized carbons (Fsp3) is 0.143. The molecule has 134 valence electrons. The van der Waals surface area contributed by atoms with E-state index in [0.29, 0.717) is 17.9 Å². The molecule has 0 radical (unpaired) electrons. The van der Waals surface area contributed by atoms with Crippen molar-refractivity contribution in [2.75, 3.05) is 11.9 Å². The maximum Gasteiger partial charge on any atom is 0.165 e. The van der Waals surface area contributed by atoms with Crippen LogP contribution in [0.15, 0.2) is 61.1 Å². The van der Waals surface area contributed by atoms with Crippen molar-refractivity contribution in [1.82, 2.24) is 19.9 Å². The van der Waals surface area contributed by atoms with Crippen LogP contribution in [0.2, 0.25) is 0 Å². The quantitative estimate of drug-likeness (QED) is 0.600. The summed E-state index contributed by atoms with van der Waals surface area (Å²) in [6, 6.07) is 15.1. The maximum atomic E-state index is 10.2. The van der Waals surface area contributed by atoms with Gasteiger partial charge in [-0.25, -0.2) is 19.9 Å². The number of para-hydroxylation sites is 1. The van der Waals surface area contributed by atoms with Gasteiger partial charge in [-0.1, -0.05) is 18.2 Å². The normalized spacial score (nSPS) is 10.9. The van der Waals surface area contributed by atoms with Crippen LogP contribution in [0.1, 0.15) is 11.3 Å². The third-order valence-corrected chi connectivity index (χ3v) is 4.38.